The Bertz CT molecular complexity index is 153. The van der Waals surface area contributed by atoms with E-state index in [1.54, 1.807) is 0 Å². The summed E-state index contributed by atoms with van der Waals surface area (Å²) in [4.78, 5) is 3.54. The van der Waals surface area contributed by atoms with Gasteiger partial charge in [-0.15, -0.1) is 0 Å². The lowest BCUT2D eigenvalue weighted by Crippen LogP contribution is -2.23. The molecule has 0 radical (unpaired) electrons. The van der Waals surface area contributed by atoms with Crippen LogP contribution in [0.2, 0.25) is 0 Å². The van der Waals surface area contributed by atoms with Crippen molar-refractivity contribution in [2.24, 2.45) is 16.5 Å². The van der Waals surface area contributed by atoms with Gasteiger partial charge in [-0.3, -0.25) is 5.41 Å². The molecule has 0 unspecified atom stereocenters. The Morgan fingerprint density at radius 3 is 2.64 bits per heavy atom. The van der Waals surface area contributed by atoms with Gasteiger partial charge < -0.3 is 11.5 Å². The highest BCUT2D eigenvalue weighted by molar-refractivity contribution is 8.13. The number of hydrogen-bond acceptors (Lipinski definition) is 3. The molecule has 0 aliphatic rings. The number of nitrogens with two attached hydrogens (primary N) is 2. The molecule has 0 aliphatic heterocycles. The molecule has 0 saturated carbocycles. The Balaban J connectivity index is 3.46. The van der Waals surface area contributed by atoms with Crippen LogP contribution >= 0.6 is 24.4 Å². The molecule has 0 aromatic heterocycles. The van der Waals surface area contributed by atoms with Gasteiger partial charge in [0.2, 0.25) is 0 Å². The summed E-state index contributed by atoms with van der Waals surface area (Å²) in [5, 5.41) is 7.35. The zero-order valence-corrected chi connectivity index (χ0v) is 7.79. The Morgan fingerprint density at radius 1 is 1.55 bits per heavy atom. The molecule has 0 bridgehead atoms. The van der Waals surface area contributed by atoms with Gasteiger partial charge in [-0.05, 0) is 12.2 Å². The molecule has 0 heterocycles. The lowest BCUT2D eigenvalue weighted by Gasteiger charge is -1.96. The van der Waals surface area contributed by atoms with Crippen molar-refractivity contribution in [2.45, 2.75) is 6.42 Å². The van der Waals surface area contributed by atoms with Gasteiger partial charge in [0, 0.05) is 5.75 Å². The first-order chi connectivity index (χ1) is 5.16. The quantitative estimate of drug-likeness (QED) is 0.224. The number of amidine groups is 1. The molecule has 0 aromatic carbocycles. The normalized spacial score (nSPS) is 9.18. The lowest BCUT2D eigenvalue weighted by atomic mass is 10.6. The molecule has 0 rings (SSSR count). The molecular formula is C5H12N4S2. The fourth-order valence-electron chi connectivity index (χ4n) is 0.383. The van der Waals surface area contributed by atoms with Crippen LogP contribution in [0.4, 0.5) is 0 Å². The summed E-state index contributed by atoms with van der Waals surface area (Å²) >= 11 is 5.34. The molecule has 4 nitrogen and oxygen atoms in total. The maximum Gasteiger partial charge on any atom is 0.193 e. The third kappa shape index (κ3) is 7.54. The van der Waals surface area contributed by atoms with Crippen molar-refractivity contribution in [3.8, 4) is 0 Å². The highest BCUT2D eigenvalue weighted by Crippen LogP contribution is 2.05. The molecule has 0 atom stereocenters. The molecule has 0 fully saturated rings. The van der Waals surface area contributed by atoms with Gasteiger partial charge in [0.15, 0.2) is 11.1 Å². The lowest BCUT2D eigenvalue weighted by molar-refractivity contribution is 1.13. The fraction of sp³-hybridized carbons (Fsp3) is 0.600. The molecule has 6 heteroatoms. The average molecular weight is 192 g/mol. The molecule has 0 aromatic rings. The standard InChI is InChI=1S/C5H12N4S2/c6-4(7)9-5(8)11-3-1-2-10/h10H,1-3H2,(H5,6,7,8,9). The van der Waals surface area contributed by atoms with E-state index in [-0.39, 0.29) is 11.1 Å². The van der Waals surface area contributed by atoms with E-state index in [9.17, 15) is 0 Å². The number of guanidine groups is 1. The van der Waals surface area contributed by atoms with Crippen LogP contribution in [0, 0.1) is 5.41 Å². The average Bonchev–Trinajstić information content (AvgIpc) is 1.86. The van der Waals surface area contributed by atoms with E-state index in [0.717, 1.165) is 17.9 Å². The predicted molar refractivity (Wildman–Crippen MR) is 54.5 cm³/mol. The van der Waals surface area contributed by atoms with Crippen LogP contribution in [-0.2, 0) is 0 Å². The molecule has 5 N–H and O–H groups in total. The first kappa shape index (κ1) is 10.6. The maximum atomic E-state index is 7.19. The predicted octanol–water partition coefficient (Wildman–Crippen LogP) is 0.248. The Hall–Kier alpha value is -0.360. The SMILES string of the molecule is N=C(N=C(N)N)SCCCS. The number of nitrogens with zero attached hydrogens (tertiary/aromatic N) is 1. The molecule has 0 aliphatic carbocycles. The van der Waals surface area contributed by atoms with Crippen LogP contribution in [-0.4, -0.2) is 22.6 Å². The van der Waals surface area contributed by atoms with E-state index in [1.165, 1.54) is 11.8 Å². The Morgan fingerprint density at radius 2 is 2.18 bits per heavy atom. The first-order valence-electron chi connectivity index (χ1n) is 3.08. The van der Waals surface area contributed by atoms with Crippen molar-refractivity contribution in [3.05, 3.63) is 0 Å². The molecule has 11 heavy (non-hydrogen) atoms. The van der Waals surface area contributed by atoms with Gasteiger partial charge in [-0.2, -0.15) is 17.6 Å². The third-order valence-corrected chi connectivity index (χ3v) is 1.95. The fourth-order valence-corrected chi connectivity index (χ4v) is 1.41. The van der Waals surface area contributed by atoms with E-state index in [0.29, 0.717) is 0 Å². The number of nitrogens with one attached hydrogen (secondary N) is 1. The van der Waals surface area contributed by atoms with Crippen LogP contribution in [0.1, 0.15) is 6.42 Å². The van der Waals surface area contributed by atoms with Gasteiger partial charge in [-0.25, -0.2) is 0 Å². The molecular weight excluding hydrogens is 180 g/mol. The van der Waals surface area contributed by atoms with Crippen molar-refractivity contribution in [2.75, 3.05) is 11.5 Å². The zero-order chi connectivity index (χ0) is 8.69. The Labute approximate surface area is 75.7 Å². The second kappa shape index (κ2) is 6.36. The number of thiol groups is 1. The smallest absolute Gasteiger partial charge is 0.193 e. The van der Waals surface area contributed by atoms with Crippen LogP contribution in [0.25, 0.3) is 0 Å². The monoisotopic (exact) mass is 192 g/mol. The van der Waals surface area contributed by atoms with Gasteiger partial charge in [0.1, 0.15) is 0 Å². The number of aliphatic imine (C=N–C) groups is 1. The van der Waals surface area contributed by atoms with Crippen LogP contribution in [0.15, 0.2) is 4.99 Å². The number of rotatable bonds is 3. The van der Waals surface area contributed by atoms with Gasteiger partial charge in [0.05, 0.1) is 0 Å². The molecule has 0 saturated heterocycles. The summed E-state index contributed by atoms with van der Waals surface area (Å²) in [6.07, 6.45) is 0.955. The molecule has 64 valence electrons. The molecule has 0 spiro atoms. The van der Waals surface area contributed by atoms with Gasteiger partial charge in [-0.1, -0.05) is 11.8 Å². The summed E-state index contributed by atoms with van der Waals surface area (Å²) in [5.74, 6) is 1.59. The van der Waals surface area contributed by atoms with Gasteiger partial charge in [0.25, 0.3) is 0 Å². The minimum absolute atomic E-state index is 0.0617. The number of hydrogen-bond donors (Lipinski definition) is 4. The van der Waals surface area contributed by atoms with Crippen LogP contribution in [0.5, 0.6) is 0 Å². The van der Waals surface area contributed by atoms with E-state index >= 15 is 0 Å². The van der Waals surface area contributed by atoms with Crippen molar-refractivity contribution in [1.82, 2.24) is 0 Å². The van der Waals surface area contributed by atoms with Crippen molar-refractivity contribution < 1.29 is 0 Å². The first-order valence-corrected chi connectivity index (χ1v) is 4.70. The summed E-state index contributed by atoms with van der Waals surface area (Å²) in [5.41, 5.74) is 10.1. The Kier molecular flexibility index (Phi) is 6.15. The van der Waals surface area contributed by atoms with E-state index in [4.69, 9.17) is 16.9 Å². The molecule has 0 amide bonds. The summed E-state index contributed by atoms with van der Waals surface area (Å²) < 4.78 is 0. The summed E-state index contributed by atoms with van der Waals surface area (Å²) in [6, 6.07) is 0. The minimum atomic E-state index is -0.0617. The van der Waals surface area contributed by atoms with E-state index < -0.39 is 0 Å². The summed E-state index contributed by atoms with van der Waals surface area (Å²) in [6.45, 7) is 0. The van der Waals surface area contributed by atoms with Crippen molar-refractivity contribution >= 4 is 35.5 Å². The maximum absolute atomic E-state index is 7.19. The van der Waals surface area contributed by atoms with E-state index in [2.05, 4.69) is 17.6 Å². The third-order valence-electron chi connectivity index (χ3n) is 0.772. The van der Waals surface area contributed by atoms with Crippen LogP contribution in [0.3, 0.4) is 0 Å². The van der Waals surface area contributed by atoms with Gasteiger partial charge >= 0.3 is 0 Å². The largest absolute Gasteiger partial charge is 0.370 e. The van der Waals surface area contributed by atoms with Crippen molar-refractivity contribution in [1.29, 1.82) is 5.41 Å². The summed E-state index contributed by atoms with van der Waals surface area (Å²) in [7, 11) is 0. The van der Waals surface area contributed by atoms with Crippen molar-refractivity contribution in [3.63, 3.8) is 0 Å². The van der Waals surface area contributed by atoms with E-state index in [1.807, 2.05) is 0 Å². The highest BCUT2D eigenvalue weighted by atomic mass is 32.2. The second-order valence-electron chi connectivity index (χ2n) is 1.77. The zero-order valence-electron chi connectivity index (χ0n) is 6.08. The topological polar surface area (TPSA) is 88.2 Å². The second-order valence-corrected chi connectivity index (χ2v) is 3.30. The number of thioether (sulfide) groups is 1. The highest BCUT2D eigenvalue weighted by Gasteiger charge is 1.94. The minimum Gasteiger partial charge on any atom is -0.370 e. The van der Waals surface area contributed by atoms with Crippen LogP contribution < -0.4 is 11.5 Å².